The molecule has 2 aliphatic heterocycles. The third kappa shape index (κ3) is 7.74. The van der Waals surface area contributed by atoms with E-state index in [-0.39, 0.29) is 50.4 Å². The first-order chi connectivity index (χ1) is 23.2. The first kappa shape index (κ1) is 34.8. The number of nitrogens with zero attached hydrogens (tertiary/aromatic N) is 7. The van der Waals surface area contributed by atoms with E-state index < -0.39 is 40.0 Å². The van der Waals surface area contributed by atoms with Crippen molar-refractivity contribution in [3.63, 3.8) is 0 Å². The Balaban J connectivity index is 1.38. The van der Waals surface area contributed by atoms with Gasteiger partial charge >= 0.3 is 12.4 Å². The second-order valence-corrected chi connectivity index (χ2v) is 14.1. The molecule has 10 nitrogen and oxygen atoms in total. The Bertz CT molecular complexity index is 1800. The predicted molar refractivity (Wildman–Crippen MR) is 166 cm³/mol. The van der Waals surface area contributed by atoms with Gasteiger partial charge in [0.15, 0.2) is 5.75 Å². The molecule has 1 aromatic heterocycles. The molecule has 0 amide bonds. The summed E-state index contributed by atoms with van der Waals surface area (Å²) in [7, 11) is -3.20. The van der Waals surface area contributed by atoms with Gasteiger partial charge in [-0.15, -0.1) is 5.10 Å². The summed E-state index contributed by atoms with van der Waals surface area (Å²) >= 11 is 0. The molecule has 2 fully saturated rings. The maximum Gasteiger partial charge on any atom is 0.453 e. The first-order valence-electron chi connectivity index (χ1n) is 15.4. The second kappa shape index (κ2) is 13.7. The van der Waals surface area contributed by atoms with Crippen LogP contribution in [-0.4, -0.2) is 107 Å². The van der Waals surface area contributed by atoms with Crippen molar-refractivity contribution in [2.45, 2.75) is 36.9 Å². The summed E-state index contributed by atoms with van der Waals surface area (Å²) in [5.41, 5.74) is 2.58. The van der Waals surface area contributed by atoms with Gasteiger partial charge in [0.1, 0.15) is 5.75 Å². The van der Waals surface area contributed by atoms with Gasteiger partial charge in [-0.25, -0.2) is 8.42 Å². The zero-order valence-corrected chi connectivity index (χ0v) is 27.0. The van der Waals surface area contributed by atoms with Gasteiger partial charge in [-0.05, 0) is 39.8 Å². The second-order valence-electron chi connectivity index (χ2n) is 12.1. The third-order valence-electron chi connectivity index (χ3n) is 8.90. The minimum Gasteiger partial charge on any atom is -0.496 e. The number of rotatable bonds is 9. The molecule has 0 N–H and O–H groups in total. The van der Waals surface area contributed by atoms with Crippen LogP contribution in [0.15, 0.2) is 78.9 Å². The standard InChI is InChI=1S/C32H33F6N7O3S/c1-48-28-13-12-25(45-30(32(36,37)38)39-40-41-45)16-24(28)17-42-18-26-19-43(49(46,47)21-31(33,34)35)14-15-44(26)27(20-42)29(22-8-4-2-5-9-22)23-10-6-3-7-11-23/h2-13,16,26-27,29H,14-15,17-21H2,1H3/t26-,27+/m1/s1. The highest BCUT2D eigenvalue weighted by molar-refractivity contribution is 7.89. The lowest BCUT2D eigenvalue weighted by molar-refractivity contribution is -0.146. The van der Waals surface area contributed by atoms with Crippen molar-refractivity contribution in [1.29, 1.82) is 0 Å². The van der Waals surface area contributed by atoms with Crippen molar-refractivity contribution in [2.75, 3.05) is 45.6 Å². The average Bonchev–Trinajstić information content (AvgIpc) is 3.56. The van der Waals surface area contributed by atoms with Crippen LogP contribution in [0.3, 0.4) is 0 Å². The van der Waals surface area contributed by atoms with E-state index in [2.05, 4.69) is 20.4 Å². The number of tetrazole rings is 1. The molecule has 0 radical (unpaired) electrons. The molecule has 0 aliphatic carbocycles. The molecule has 3 heterocycles. The number of hydrogen-bond acceptors (Lipinski definition) is 8. The van der Waals surface area contributed by atoms with Crippen molar-refractivity contribution in [3.8, 4) is 11.4 Å². The molecule has 262 valence electrons. The molecule has 0 spiro atoms. The number of hydrogen-bond donors (Lipinski definition) is 0. The lowest BCUT2D eigenvalue weighted by Crippen LogP contribution is -2.67. The van der Waals surface area contributed by atoms with Gasteiger partial charge in [0.05, 0.1) is 12.8 Å². The van der Waals surface area contributed by atoms with Crippen molar-refractivity contribution in [2.24, 2.45) is 0 Å². The number of halogens is 6. The Hall–Kier alpha value is -4.06. The Labute approximate surface area is 278 Å². The number of methoxy groups -OCH3 is 1. The predicted octanol–water partition coefficient (Wildman–Crippen LogP) is 4.58. The third-order valence-corrected chi connectivity index (χ3v) is 10.7. The monoisotopic (exact) mass is 709 g/mol. The summed E-state index contributed by atoms with van der Waals surface area (Å²) in [4.78, 5) is 4.22. The number of ether oxygens (including phenoxy) is 1. The van der Waals surface area contributed by atoms with Crippen molar-refractivity contribution in [3.05, 3.63) is 101 Å². The summed E-state index contributed by atoms with van der Waals surface area (Å²) in [5, 5.41) is 9.89. The first-order valence-corrected chi connectivity index (χ1v) is 17.0. The zero-order valence-electron chi connectivity index (χ0n) is 26.2. The van der Waals surface area contributed by atoms with Crippen LogP contribution in [0.5, 0.6) is 5.75 Å². The van der Waals surface area contributed by atoms with Crippen molar-refractivity contribution >= 4 is 10.0 Å². The minimum atomic E-state index is -4.89. The highest BCUT2D eigenvalue weighted by atomic mass is 32.2. The van der Waals surface area contributed by atoms with E-state index in [9.17, 15) is 34.8 Å². The van der Waals surface area contributed by atoms with Crippen LogP contribution in [0, 0.1) is 0 Å². The molecule has 0 saturated carbocycles. The zero-order chi connectivity index (χ0) is 35.0. The van der Waals surface area contributed by atoms with Gasteiger partial charge in [0, 0.05) is 62.8 Å². The summed E-state index contributed by atoms with van der Waals surface area (Å²) in [5.74, 6) is -3.05. The van der Waals surface area contributed by atoms with Crippen molar-refractivity contribution in [1.82, 2.24) is 34.3 Å². The number of benzene rings is 3. The van der Waals surface area contributed by atoms with Gasteiger partial charge in [-0.2, -0.15) is 35.3 Å². The number of sulfonamides is 1. The van der Waals surface area contributed by atoms with E-state index in [4.69, 9.17) is 4.74 Å². The van der Waals surface area contributed by atoms with Crippen LogP contribution in [0.25, 0.3) is 5.69 Å². The largest absolute Gasteiger partial charge is 0.496 e. The van der Waals surface area contributed by atoms with E-state index in [0.29, 0.717) is 22.5 Å². The topological polar surface area (TPSA) is 96.7 Å². The van der Waals surface area contributed by atoms with E-state index in [1.807, 2.05) is 65.6 Å². The SMILES string of the molecule is COc1ccc(-n2nnnc2C(F)(F)F)cc1CN1C[C@@H]2CN(S(=O)(=O)CC(F)(F)F)CCN2[C@H](C(c2ccccc2)c2ccccc2)C1. The van der Waals surface area contributed by atoms with E-state index in [0.717, 1.165) is 15.4 Å². The quantitative estimate of drug-likeness (QED) is 0.233. The Morgan fingerprint density at radius 3 is 2.12 bits per heavy atom. The Morgan fingerprint density at radius 1 is 0.878 bits per heavy atom. The molecule has 4 aromatic rings. The molecule has 0 bridgehead atoms. The number of piperazine rings is 2. The Morgan fingerprint density at radius 2 is 1.53 bits per heavy atom. The fourth-order valence-electron chi connectivity index (χ4n) is 6.92. The van der Waals surface area contributed by atoms with Gasteiger partial charge in [-0.3, -0.25) is 9.80 Å². The summed E-state index contributed by atoms with van der Waals surface area (Å²) < 4.78 is 114. The van der Waals surface area contributed by atoms with Gasteiger partial charge in [-0.1, -0.05) is 60.7 Å². The van der Waals surface area contributed by atoms with Crippen LogP contribution in [0.2, 0.25) is 0 Å². The highest BCUT2D eigenvalue weighted by Gasteiger charge is 2.46. The summed E-state index contributed by atoms with van der Waals surface area (Å²) in [6, 6.07) is 23.2. The van der Waals surface area contributed by atoms with E-state index in [1.54, 1.807) is 0 Å². The fraction of sp³-hybridized carbons (Fsp3) is 0.406. The number of aromatic nitrogens is 4. The van der Waals surface area contributed by atoms with Crippen LogP contribution in [0.1, 0.15) is 28.4 Å². The van der Waals surface area contributed by atoms with Crippen LogP contribution < -0.4 is 4.74 Å². The summed E-state index contributed by atoms with van der Waals surface area (Å²) in [6.45, 7) is 0.869. The molecular weight excluding hydrogens is 676 g/mol. The molecule has 2 atom stereocenters. The van der Waals surface area contributed by atoms with E-state index in [1.165, 1.54) is 25.3 Å². The van der Waals surface area contributed by atoms with Crippen molar-refractivity contribution < 1.29 is 39.5 Å². The number of fused-ring (bicyclic) bond motifs is 1. The average molecular weight is 710 g/mol. The molecule has 49 heavy (non-hydrogen) atoms. The lowest BCUT2D eigenvalue weighted by atomic mass is 9.81. The normalized spacial score (nSPS) is 20.0. The van der Waals surface area contributed by atoms with Gasteiger partial charge in [0.25, 0.3) is 5.82 Å². The molecular formula is C32H33F6N7O3S. The molecule has 3 aromatic carbocycles. The smallest absolute Gasteiger partial charge is 0.453 e. The molecule has 17 heteroatoms. The molecule has 2 saturated heterocycles. The van der Waals surface area contributed by atoms with Crippen LogP contribution in [-0.2, 0) is 22.7 Å². The highest BCUT2D eigenvalue weighted by Crippen LogP contribution is 2.37. The summed E-state index contributed by atoms with van der Waals surface area (Å²) in [6.07, 6.45) is -9.70. The maximum absolute atomic E-state index is 13.6. The van der Waals surface area contributed by atoms with Crippen LogP contribution >= 0.6 is 0 Å². The van der Waals surface area contributed by atoms with Gasteiger partial charge < -0.3 is 4.74 Å². The molecule has 0 unspecified atom stereocenters. The van der Waals surface area contributed by atoms with Crippen LogP contribution in [0.4, 0.5) is 26.3 Å². The van der Waals surface area contributed by atoms with E-state index >= 15 is 0 Å². The maximum atomic E-state index is 13.6. The molecule has 6 rings (SSSR count). The molecule has 2 aliphatic rings. The minimum absolute atomic E-state index is 0.0526. The fourth-order valence-corrected chi connectivity index (χ4v) is 8.27. The lowest BCUT2D eigenvalue weighted by Gasteiger charge is -2.53. The number of alkyl halides is 6. The Kier molecular flexibility index (Phi) is 9.72. The van der Waals surface area contributed by atoms with Gasteiger partial charge in [0.2, 0.25) is 10.0 Å².